The molecule has 1 N–H and O–H groups in total. The first-order chi connectivity index (χ1) is 7.17. The highest BCUT2D eigenvalue weighted by molar-refractivity contribution is 6.76. The van der Waals surface area contributed by atoms with Gasteiger partial charge in [-0.25, -0.2) is 0 Å². The number of nitrogens with zero attached hydrogens (tertiary/aromatic N) is 1. The first-order valence-electron chi connectivity index (χ1n) is 6.25. The Balaban J connectivity index is 2.88. The van der Waals surface area contributed by atoms with Crippen LogP contribution in [0.2, 0.25) is 39.3 Å². The number of hydrogen-bond acceptors (Lipinski definition) is 2. The zero-order chi connectivity index (χ0) is 12.4. The summed E-state index contributed by atoms with van der Waals surface area (Å²) in [5.41, 5.74) is 2.68. The van der Waals surface area contributed by atoms with Gasteiger partial charge in [0.1, 0.15) is 8.24 Å². The Labute approximate surface area is 102 Å². The van der Waals surface area contributed by atoms with E-state index in [-0.39, 0.29) is 0 Å². The maximum atomic E-state index is 4.98. The van der Waals surface area contributed by atoms with E-state index in [2.05, 4.69) is 50.3 Å². The van der Waals surface area contributed by atoms with E-state index in [9.17, 15) is 0 Å². The molecule has 0 saturated carbocycles. The van der Waals surface area contributed by atoms with Crippen molar-refractivity contribution < 1.29 is 0 Å². The van der Waals surface area contributed by atoms with Crippen molar-refractivity contribution in [3.63, 3.8) is 0 Å². The highest BCUT2D eigenvalue weighted by Crippen LogP contribution is 2.18. The molecule has 4 heteroatoms. The van der Waals surface area contributed by atoms with E-state index in [1.807, 2.05) is 0 Å². The second kappa shape index (κ2) is 4.88. The topological polar surface area (TPSA) is 24.4 Å². The molecule has 1 aliphatic carbocycles. The van der Waals surface area contributed by atoms with Crippen LogP contribution in [0, 0.1) is 0 Å². The summed E-state index contributed by atoms with van der Waals surface area (Å²) < 4.78 is 4.98. The molecule has 16 heavy (non-hydrogen) atoms. The molecule has 0 aromatic carbocycles. The van der Waals surface area contributed by atoms with Crippen molar-refractivity contribution in [3.05, 3.63) is 11.8 Å². The quantitative estimate of drug-likeness (QED) is 0.762. The highest BCUT2D eigenvalue weighted by atomic mass is 28.3. The number of rotatable bonds is 3. The molecule has 0 bridgehead atoms. The van der Waals surface area contributed by atoms with Gasteiger partial charge in [0.2, 0.25) is 0 Å². The molecule has 0 heterocycles. The van der Waals surface area contributed by atoms with Gasteiger partial charge in [-0.1, -0.05) is 25.7 Å². The third-order valence-electron chi connectivity index (χ3n) is 2.26. The number of allylic oxidation sites excluding steroid dienone is 2. The smallest absolute Gasteiger partial charge is 0.172 e. The molecule has 0 saturated heterocycles. The molecule has 2 nitrogen and oxygen atoms in total. The van der Waals surface area contributed by atoms with Gasteiger partial charge in [-0.15, -0.1) is 0 Å². The van der Waals surface area contributed by atoms with Crippen LogP contribution in [0.4, 0.5) is 0 Å². The molecule has 0 atom stereocenters. The fraction of sp³-hybridized carbons (Fsp3) is 0.750. The van der Waals surface area contributed by atoms with Gasteiger partial charge in [-0.3, -0.25) is 0 Å². The first kappa shape index (κ1) is 13.7. The maximum absolute atomic E-state index is 4.98. The fourth-order valence-corrected chi connectivity index (χ4v) is 3.91. The molecule has 0 aromatic heterocycles. The minimum Gasteiger partial charge on any atom is -0.410 e. The van der Waals surface area contributed by atoms with Crippen LogP contribution in [0.3, 0.4) is 0 Å². The van der Waals surface area contributed by atoms with E-state index >= 15 is 0 Å². The van der Waals surface area contributed by atoms with Crippen LogP contribution in [0.5, 0.6) is 0 Å². The van der Waals surface area contributed by atoms with Crippen molar-refractivity contribution in [3.8, 4) is 0 Å². The molecule has 1 rings (SSSR count). The lowest BCUT2D eigenvalue weighted by molar-refractivity contribution is 0.853. The van der Waals surface area contributed by atoms with Crippen molar-refractivity contribution in [2.24, 2.45) is 4.66 Å². The summed E-state index contributed by atoms with van der Waals surface area (Å²) in [6.45, 7) is 13.9. The predicted molar refractivity (Wildman–Crippen MR) is 79.2 cm³/mol. The van der Waals surface area contributed by atoms with Crippen molar-refractivity contribution in [1.29, 1.82) is 0 Å². The van der Waals surface area contributed by atoms with Crippen molar-refractivity contribution in [2.75, 3.05) is 0 Å². The lowest BCUT2D eigenvalue weighted by atomic mass is 10.0. The third kappa shape index (κ3) is 5.12. The Hall–Kier alpha value is -0.356. The molecule has 0 aromatic rings. The van der Waals surface area contributed by atoms with Gasteiger partial charge >= 0.3 is 0 Å². The minimum absolute atomic E-state index is 1.16. The molecule has 0 aliphatic heterocycles. The largest absolute Gasteiger partial charge is 0.410 e. The summed E-state index contributed by atoms with van der Waals surface area (Å²) in [6.07, 6.45) is 5.98. The monoisotopic (exact) mass is 254 g/mol. The van der Waals surface area contributed by atoms with Gasteiger partial charge in [0.25, 0.3) is 0 Å². The normalized spacial score (nSPS) is 20.9. The summed E-state index contributed by atoms with van der Waals surface area (Å²) in [7, 11) is -2.58. The lowest BCUT2D eigenvalue weighted by Crippen LogP contribution is -2.43. The van der Waals surface area contributed by atoms with Gasteiger partial charge in [0, 0.05) is 11.4 Å². The van der Waals surface area contributed by atoms with Crippen molar-refractivity contribution in [1.82, 2.24) is 4.98 Å². The average molecular weight is 255 g/mol. The molecular weight excluding hydrogens is 228 g/mol. The van der Waals surface area contributed by atoms with Crippen molar-refractivity contribution >= 4 is 22.2 Å². The minimum atomic E-state index is -1.34. The van der Waals surface area contributed by atoms with Gasteiger partial charge in [-0.05, 0) is 38.9 Å². The Bertz CT molecular complexity index is 306. The Morgan fingerprint density at radius 2 is 1.75 bits per heavy atom. The number of hydrogen-bond donors (Lipinski definition) is 1. The van der Waals surface area contributed by atoms with E-state index in [4.69, 9.17) is 4.66 Å². The summed E-state index contributed by atoms with van der Waals surface area (Å²) in [5, 5.41) is 0. The maximum Gasteiger partial charge on any atom is 0.172 e. The molecular formula is C12H26N2Si2. The van der Waals surface area contributed by atoms with E-state index in [1.165, 1.54) is 24.3 Å². The summed E-state index contributed by atoms with van der Waals surface area (Å²) in [5.74, 6) is 0. The number of nitrogens with one attached hydrogen (secondary N) is 1. The van der Waals surface area contributed by atoms with Gasteiger partial charge < -0.3 is 9.64 Å². The lowest BCUT2D eigenvalue weighted by Gasteiger charge is -2.27. The van der Waals surface area contributed by atoms with Gasteiger partial charge in [0.05, 0.1) is 0 Å². The van der Waals surface area contributed by atoms with Crippen LogP contribution in [0.15, 0.2) is 16.4 Å². The van der Waals surface area contributed by atoms with Crippen molar-refractivity contribution in [2.45, 2.75) is 58.5 Å². The second-order valence-corrected chi connectivity index (χ2v) is 15.9. The van der Waals surface area contributed by atoms with E-state index in [0.717, 1.165) is 6.42 Å². The molecule has 0 amide bonds. The van der Waals surface area contributed by atoms with Crippen LogP contribution in [0.1, 0.15) is 19.3 Å². The molecule has 0 unspecified atom stereocenters. The second-order valence-electron chi connectivity index (χ2n) is 6.61. The fourth-order valence-electron chi connectivity index (χ4n) is 1.82. The zero-order valence-corrected chi connectivity index (χ0v) is 13.6. The molecule has 0 fully saturated rings. The predicted octanol–water partition coefficient (Wildman–Crippen LogP) is 3.75. The van der Waals surface area contributed by atoms with E-state index in [1.54, 1.807) is 0 Å². The van der Waals surface area contributed by atoms with Crippen LogP contribution >= 0.6 is 0 Å². The summed E-state index contributed by atoms with van der Waals surface area (Å²) in [6, 6.07) is 0. The molecule has 1 aliphatic rings. The van der Waals surface area contributed by atoms with Gasteiger partial charge in [-0.2, -0.15) is 0 Å². The highest BCUT2D eigenvalue weighted by Gasteiger charge is 2.21. The van der Waals surface area contributed by atoms with E-state index in [0.29, 0.717) is 0 Å². The standard InChI is InChI=1S/C12H26N2Si2/c1-15(2,3)13-11-9-7-8-10-12(11)14-16(4,5)6/h9,13H,7-8,10H2,1-6H3/b14-12+. The van der Waals surface area contributed by atoms with Crippen LogP contribution in [0.25, 0.3) is 0 Å². The first-order valence-corrected chi connectivity index (χ1v) is 13.2. The molecule has 0 radical (unpaired) electrons. The van der Waals surface area contributed by atoms with Crippen LogP contribution in [-0.4, -0.2) is 22.2 Å². The summed E-state index contributed by atoms with van der Waals surface area (Å²) in [4.78, 5) is 3.72. The zero-order valence-electron chi connectivity index (χ0n) is 11.6. The SMILES string of the molecule is C[Si](C)(C)/N=C1\CCCC=C1N[Si](C)(C)C. The van der Waals surface area contributed by atoms with E-state index < -0.39 is 16.5 Å². The Kier molecular flexibility index (Phi) is 4.18. The Morgan fingerprint density at radius 3 is 2.25 bits per heavy atom. The average Bonchev–Trinajstić information content (AvgIpc) is 2.03. The van der Waals surface area contributed by atoms with Crippen LogP contribution < -0.4 is 4.98 Å². The summed E-state index contributed by atoms with van der Waals surface area (Å²) >= 11 is 0. The molecule has 92 valence electrons. The Morgan fingerprint density at radius 1 is 1.12 bits per heavy atom. The van der Waals surface area contributed by atoms with Crippen LogP contribution in [-0.2, 0) is 0 Å². The van der Waals surface area contributed by atoms with Gasteiger partial charge in [0.15, 0.2) is 8.24 Å². The third-order valence-corrected chi connectivity index (χ3v) is 4.22. The molecule has 0 spiro atoms.